The van der Waals surface area contributed by atoms with Crippen LogP contribution in [0.2, 0.25) is 0 Å². The van der Waals surface area contributed by atoms with E-state index in [1.807, 2.05) is 11.3 Å². The Balaban J connectivity index is 1.08. The van der Waals surface area contributed by atoms with Crippen molar-refractivity contribution >= 4 is 53.7 Å². The molecule has 0 saturated heterocycles. The van der Waals surface area contributed by atoms with Gasteiger partial charge < -0.3 is 5.32 Å². The first-order valence-corrected chi connectivity index (χ1v) is 17.7. The molecule has 0 saturated carbocycles. The summed E-state index contributed by atoms with van der Waals surface area (Å²) >= 11 is 1.91. The summed E-state index contributed by atoms with van der Waals surface area (Å²) in [5, 5.41) is 9.04. The van der Waals surface area contributed by atoms with Gasteiger partial charge >= 0.3 is 0 Å². The fourth-order valence-electron chi connectivity index (χ4n) is 8.21. The molecule has 0 bridgehead atoms. The monoisotopic (exact) mass is 641 g/mol. The molecule has 8 aromatic carbocycles. The molecule has 1 aliphatic carbocycles. The van der Waals surface area contributed by atoms with Gasteiger partial charge in [0.25, 0.3) is 0 Å². The minimum Gasteiger partial charge on any atom is -0.355 e. The zero-order valence-corrected chi connectivity index (χ0v) is 27.5. The number of thiophene rings is 1. The quantitative estimate of drug-likeness (QED) is 0.197. The highest BCUT2D eigenvalue weighted by atomic mass is 32.1. The molecule has 10 rings (SSSR count). The van der Waals surface area contributed by atoms with Crippen molar-refractivity contribution in [3.63, 3.8) is 0 Å². The van der Waals surface area contributed by atoms with Crippen molar-refractivity contribution in [1.29, 1.82) is 0 Å². The Morgan fingerprint density at radius 3 is 1.86 bits per heavy atom. The predicted octanol–water partition coefficient (Wildman–Crippen LogP) is 13.0. The highest BCUT2D eigenvalue weighted by Crippen LogP contribution is 2.56. The van der Waals surface area contributed by atoms with Crippen LogP contribution in [0.4, 0.5) is 11.4 Å². The number of nitrogens with one attached hydrogen (secondary N) is 1. The average molecular weight is 642 g/mol. The summed E-state index contributed by atoms with van der Waals surface area (Å²) in [6, 6.07) is 66.6. The summed E-state index contributed by atoms with van der Waals surface area (Å²) in [5.74, 6) is 0. The van der Waals surface area contributed by atoms with Gasteiger partial charge in [0.15, 0.2) is 0 Å². The molecule has 49 heavy (non-hydrogen) atoms. The molecule has 9 aromatic rings. The Morgan fingerprint density at radius 1 is 0.388 bits per heavy atom. The largest absolute Gasteiger partial charge is 0.355 e. The molecule has 0 radical (unpaired) electrons. The summed E-state index contributed by atoms with van der Waals surface area (Å²) in [5.41, 5.74) is 12.0. The van der Waals surface area contributed by atoms with E-state index in [1.165, 1.54) is 75.5 Å². The van der Waals surface area contributed by atoms with Crippen LogP contribution in [-0.4, -0.2) is 0 Å². The zero-order valence-electron chi connectivity index (χ0n) is 26.7. The van der Waals surface area contributed by atoms with E-state index in [4.69, 9.17) is 0 Å². The van der Waals surface area contributed by atoms with Crippen molar-refractivity contribution < 1.29 is 0 Å². The molecular weight excluding hydrogens is 611 g/mol. The third kappa shape index (κ3) is 4.24. The van der Waals surface area contributed by atoms with E-state index in [0.717, 1.165) is 11.4 Å². The summed E-state index contributed by atoms with van der Waals surface area (Å²) < 4.78 is 2.69. The molecule has 0 aliphatic heterocycles. The van der Waals surface area contributed by atoms with E-state index in [1.54, 1.807) is 0 Å². The second kappa shape index (κ2) is 11.1. The first kappa shape index (κ1) is 28.1. The molecule has 1 heterocycles. The van der Waals surface area contributed by atoms with Crippen LogP contribution in [0.5, 0.6) is 0 Å². The van der Waals surface area contributed by atoms with Crippen molar-refractivity contribution in [2.24, 2.45) is 0 Å². The smallest absolute Gasteiger partial charge is 0.0713 e. The Labute approximate surface area is 289 Å². The molecule has 1 aromatic heterocycles. The van der Waals surface area contributed by atoms with Crippen molar-refractivity contribution in [3.8, 4) is 22.3 Å². The lowest BCUT2D eigenvalue weighted by Gasteiger charge is -2.33. The third-order valence-electron chi connectivity index (χ3n) is 10.3. The van der Waals surface area contributed by atoms with E-state index in [-0.39, 0.29) is 5.41 Å². The molecule has 0 fully saturated rings. The van der Waals surface area contributed by atoms with Gasteiger partial charge in [-0.2, -0.15) is 0 Å². The topological polar surface area (TPSA) is 12.0 Å². The maximum absolute atomic E-state index is 3.78. The van der Waals surface area contributed by atoms with Crippen molar-refractivity contribution in [2.75, 3.05) is 5.32 Å². The van der Waals surface area contributed by atoms with Gasteiger partial charge in [0.05, 0.1) is 5.41 Å². The molecule has 1 N–H and O–H groups in total. The summed E-state index contributed by atoms with van der Waals surface area (Å²) in [6.07, 6.45) is 0. The van der Waals surface area contributed by atoms with E-state index < -0.39 is 0 Å². The Kier molecular flexibility index (Phi) is 6.34. The highest BCUT2D eigenvalue weighted by molar-refractivity contribution is 7.27. The maximum Gasteiger partial charge on any atom is 0.0713 e. The Bertz CT molecular complexity index is 2650. The first-order chi connectivity index (χ1) is 24.3. The molecule has 0 unspecified atom stereocenters. The second-order valence-corrected chi connectivity index (χ2v) is 14.0. The lowest BCUT2D eigenvalue weighted by Crippen LogP contribution is -2.28. The van der Waals surface area contributed by atoms with Crippen LogP contribution in [0.1, 0.15) is 22.3 Å². The van der Waals surface area contributed by atoms with Gasteiger partial charge in [0.2, 0.25) is 0 Å². The molecule has 0 spiro atoms. The van der Waals surface area contributed by atoms with Crippen molar-refractivity contribution in [1.82, 2.24) is 0 Å². The van der Waals surface area contributed by atoms with Crippen LogP contribution in [0.15, 0.2) is 182 Å². The van der Waals surface area contributed by atoms with Gasteiger partial charge in [0.1, 0.15) is 0 Å². The van der Waals surface area contributed by atoms with Gasteiger partial charge in [-0.1, -0.05) is 158 Å². The first-order valence-electron chi connectivity index (χ1n) is 16.8. The van der Waals surface area contributed by atoms with Crippen LogP contribution in [0.3, 0.4) is 0 Å². The van der Waals surface area contributed by atoms with Crippen LogP contribution in [-0.2, 0) is 5.41 Å². The number of hydrogen-bond donors (Lipinski definition) is 1. The second-order valence-electron chi connectivity index (χ2n) is 12.9. The zero-order chi connectivity index (χ0) is 32.4. The SMILES string of the molecule is c1ccc(C2(c3ccccc3)c3ccccc3-c3cc(Nc4cccc(-c5cccc6c5sc5c7ccccc7ccc65)c4)ccc32)cc1. The van der Waals surface area contributed by atoms with E-state index in [0.29, 0.717) is 0 Å². The molecule has 230 valence electrons. The summed E-state index contributed by atoms with van der Waals surface area (Å²) in [6.45, 7) is 0. The lowest BCUT2D eigenvalue weighted by molar-refractivity contribution is 0.768. The molecule has 1 aliphatic rings. The molecule has 0 amide bonds. The van der Waals surface area contributed by atoms with E-state index in [9.17, 15) is 0 Å². The molecule has 1 nitrogen and oxygen atoms in total. The lowest BCUT2D eigenvalue weighted by atomic mass is 9.68. The van der Waals surface area contributed by atoms with Crippen LogP contribution in [0, 0.1) is 0 Å². The normalized spacial score (nSPS) is 13.1. The van der Waals surface area contributed by atoms with Crippen molar-refractivity contribution in [3.05, 3.63) is 204 Å². The molecular formula is C47H31NS. The molecule has 0 atom stereocenters. The highest BCUT2D eigenvalue weighted by Gasteiger charge is 2.45. The van der Waals surface area contributed by atoms with Crippen LogP contribution >= 0.6 is 11.3 Å². The predicted molar refractivity (Wildman–Crippen MR) is 209 cm³/mol. The third-order valence-corrected chi connectivity index (χ3v) is 11.6. The fraction of sp³-hybridized carbons (Fsp3) is 0.0213. The Hall–Kier alpha value is -5.96. The van der Waals surface area contributed by atoms with Gasteiger partial charge in [-0.15, -0.1) is 11.3 Å². The van der Waals surface area contributed by atoms with Crippen LogP contribution in [0.25, 0.3) is 53.2 Å². The maximum atomic E-state index is 3.78. The van der Waals surface area contributed by atoms with E-state index in [2.05, 4.69) is 187 Å². The number of benzene rings is 8. The van der Waals surface area contributed by atoms with Gasteiger partial charge in [-0.25, -0.2) is 0 Å². The number of rotatable bonds is 5. The molecule has 2 heteroatoms. The Morgan fingerprint density at radius 2 is 1.02 bits per heavy atom. The average Bonchev–Trinajstić information content (AvgIpc) is 3.70. The van der Waals surface area contributed by atoms with E-state index >= 15 is 0 Å². The minimum atomic E-state index is -0.388. The number of anilines is 2. The minimum absolute atomic E-state index is 0.388. The van der Waals surface area contributed by atoms with Gasteiger partial charge in [-0.05, 0) is 79.5 Å². The summed E-state index contributed by atoms with van der Waals surface area (Å²) in [4.78, 5) is 0. The van der Waals surface area contributed by atoms with Gasteiger partial charge in [0, 0.05) is 31.5 Å². The van der Waals surface area contributed by atoms with Crippen LogP contribution < -0.4 is 5.32 Å². The van der Waals surface area contributed by atoms with Crippen molar-refractivity contribution in [2.45, 2.75) is 5.41 Å². The number of fused-ring (bicyclic) bond motifs is 8. The standard InChI is InChI=1S/C47H31NS/c1-3-15-33(16-4-1)47(34-17-5-2-6-18-34)43-24-10-9-21-39(43)42-30-36(26-28-44(42)47)48-35-19-11-14-32(29-35)38-22-12-23-40-41-27-25-31-13-7-8-20-37(31)45(41)49-46(38)40/h1-30,48H. The van der Waals surface area contributed by atoms with Gasteiger partial charge in [-0.3, -0.25) is 0 Å². The number of hydrogen-bond acceptors (Lipinski definition) is 2. The fourth-order valence-corrected chi connectivity index (χ4v) is 9.58. The summed E-state index contributed by atoms with van der Waals surface area (Å²) in [7, 11) is 0.